The number of nitrogens with one attached hydrogen (secondary N) is 1. The molecule has 0 saturated heterocycles. The lowest BCUT2D eigenvalue weighted by molar-refractivity contribution is -0.115. The Labute approximate surface area is 129 Å². The van der Waals surface area contributed by atoms with Gasteiger partial charge in [0.25, 0.3) is 0 Å². The molecule has 0 fully saturated rings. The quantitative estimate of drug-likeness (QED) is 0.874. The summed E-state index contributed by atoms with van der Waals surface area (Å²) in [5.74, 6) is -1.55. The van der Waals surface area contributed by atoms with Crippen molar-refractivity contribution in [1.82, 2.24) is 0 Å². The summed E-state index contributed by atoms with van der Waals surface area (Å²) in [6.45, 7) is 0. The van der Waals surface area contributed by atoms with E-state index in [-0.39, 0.29) is 21.9 Å². The molecule has 7 heteroatoms. The molecule has 1 N–H and O–H groups in total. The van der Waals surface area contributed by atoms with Crippen molar-refractivity contribution >= 4 is 40.5 Å². The Morgan fingerprint density at radius 3 is 2.81 bits per heavy atom. The Morgan fingerprint density at radius 2 is 2.14 bits per heavy atom. The van der Waals surface area contributed by atoms with Crippen molar-refractivity contribution in [3.8, 4) is 0 Å². The van der Waals surface area contributed by atoms with Crippen molar-refractivity contribution in [2.45, 2.75) is 6.42 Å². The highest BCUT2D eigenvalue weighted by atomic mass is 35.5. The molecule has 1 aromatic heterocycles. The smallest absolute Gasteiger partial charge is 0.350 e. The van der Waals surface area contributed by atoms with Gasteiger partial charge in [-0.05, 0) is 23.6 Å². The van der Waals surface area contributed by atoms with Crippen molar-refractivity contribution in [1.29, 1.82) is 0 Å². The van der Waals surface area contributed by atoms with Crippen molar-refractivity contribution < 1.29 is 18.7 Å². The summed E-state index contributed by atoms with van der Waals surface area (Å²) in [6, 6.07) is 5.79. The first-order valence-corrected chi connectivity index (χ1v) is 7.17. The second kappa shape index (κ2) is 6.69. The number of benzene rings is 1. The molecule has 1 amide bonds. The lowest BCUT2D eigenvalue weighted by Gasteiger charge is -2.07. The zero-order valence-electron chi connectivity index (χ0n) is 11.0. The Balaban J connectivity index is 2.13. The molecule has 4 nitrogen and oxygen atoms in total. The molecule has 2 rings (SSSR count). The summed E-state index contributed by atoms with van der Waals surface area (Å²) >= 11 is 7.02. The third-order valence-electron chi connectivity index (χ3n) is 2.71. The van der Waals surface area contributed by atoms with E-state index in [1.54, 1.807) is 11.4 Å². The number of rotatable bonds is 4. The summed E-state index contributed by atoms with van der Waals surface area (Å²) < 4.78 is 18.2. The van der Waals surface area contributed by atoms with E-state index in [2.05, 4.69) is 10.1 Å². The number of thiophene rings is 1. The number of methoxy groups -OCH3 is 1. The normalized spacial score (nSPS) is 10.2. The van der Waals surface area contributed by atoms with E-state index in [1.807, 2.05) is 0 Å². The molecule has 0 spiro atoms. The SMILES string of the molecule is COC(=O)c1sccc1NC(=O)Cc1c(F)cccc1Cl. The highest BCUT2D eigenvalue weighted by molar-refractivity contribution is 7.12. The molecular formula is C14H11ClFNO3S. The third kappa shape index (κ3) is 3.59. The van der Waals surface area contributed by atoms with Gasteiger partial charge in [-0.25, -0.2) is 9.18 Å². The van der Waals surface area contributed by atoms with Gasteiger partial charge < -0.3 is 10.1 Å². The number of hydrogen-bond donors (Lipinski definition) is 1. The molecule has 1 aromatic carbocycles. The van der Waals surface area contributed by atoms with Crippen LogP contribution in [0.1, 0.15) is 15.2 Å². The van der Waals surface area contributed by atoms with Crippen LogP contribution in [0.2, 0.25) is 5.02 Å². The summed E-state index contributed by atoms with van der Waals surface area (Å²) in [4.78, 5) is 23.7. The molecule has 2 aromatic rings. The van der Waals surface area contributed by atoms with Crippen LogP contribution in [0.5, 0.6) is 0 Å². The van der Waals surface area contributed by atoms with E-state index >= 15 is 0 Å². The third-order valence-corrected chi connectivity index (χ3v) is 3.96. The fourth-order valence-corrected chi connectivity index (χ4v) is 2.71. The average Bonchev–Trinajstić information content (AvgIpc) is 2.90. The summed E-state index contributed by atoms with van der Waals surface area (Å²) in [5.41, 5.74) is 0.454. The molecule has 0 unspecified atom stereocenters. The second-order valence-electron chi connectivity index (χ2n) is 4.08. The van der Waals surface area contributed by atoms with Gasteiger partial charge in [-0.15, -0.1) is 11.3 Å². The molecule has 0 radical (unpaired) electrons. The molecule has 110 valence electrons. The first-order chi connectivity index (χ1) is 10.0. The molecule has 0 aliphatic heterocycles. The molecule has 1 heterocycles. The zero-order chi connectivity index (χ0) is 15.4. The predicted molar refractivity (Wildman–Crippen MR) is 79.4 cm³/mol. The number of anilines is 1. The average molecular weight is 328 g/mol. The predicted octanol–water partition coefficient (Wildman–Crippen LogP) is 3.51. The van der Waals surface area contributed by atoms with Crippen LogP contribution in [0.25, 0.3) is 0 Å². The highest BCUT2D eigenvalue weighted by Crippen LogP contribution is 2.24. The molecule has 0 bridgehead atoms. The van der Waals surface area contributed by atoms with E-state index < -0.39 is 17.7 Å². The maximum Gasteiger partial charge on any atom is 0.350 e. The first kappa shape index (κ1) is 15.5. The lowest BCUT2D eigenvalue weighted by Crippen LogP contribution is -2.17. The fourth-order valence-electron chi connectivity index (χ4n) is 1.71. The molecule has 0 saturated carbocycles. The van der Waals surface area contributed by atoms with E-state index in [0.717, 1.165) is 11.3 Å². The van der Waals surface area contributed by atoms with Gasteiger partial charge in [-0.1, -0.05) is 17.7 Å². The summed E-state index contributed by atoms with van der Waals surface area (Å²) in [6.07, 6.45) is -0.220. The van der Waals surface area contributed by atoms with Crippen LogP contribution >= 0.6 is 22.9 Å². The molecular weight excluding hydrogens is 317 g/mol. The molecule has 0 aliphatic carbocycles. The van der Waals surface area contributed by atoms with E-state index in [1.165, 1.54) is 25.3 Å². The fraction of sp³-hybridized carbons (Fsp3) is 0.143. The van der Waals surface area contributed by atoms with Crippen LogP contribution in [0.3, 0.4) is 0 Å². The Kier molecular flexibility index (Phi) is 4.93. The summed E-state index contributed by atoms with van der Waals surface area (Å²) in [5, 5.41) is 4.39. The number of amides is 1. The number of carbonyl (C=O) groups is 2. The van der Waals surface area contributed by atoms with Crippen LogP contribution < -0.4 is 5.32 Å². The number of ether oxygens (including phenoxy) is 1. The van der Waals surface area contributed by atoms with E-state index in [9.17, 15) is 14.0 Å². The highest BCUT2D eigenvalue weighted by Gasteiger charge is 2.17. The van der Waals surface area contributed by atoms with Crippen LogP contribution in [-0.2, 0) is 16.0 Å². The van der Waals surface area contributed by atoms with Crippen molar-refractivity contribution in [2.75, 3.05) is 12.4 Å². The van der Waals surface area contributed by atoms with Gasteiger partial charge in [-0.3, -0.25) is 4.79 Å². The van der Waals surface area contributed by atoms with Gasteiger partial charge in [0.2, 0.25) is 5.91 Å². The molecule has 21 heavy (non-hydrogen) atoms. The minimum absolute atomic E-state index is 0.117. The standard InChI is InChI=1S/C14H11ClFNO3S/c1-20-14(19)13-11(5-6-21-13)17-12(18)7-8-9(15)3-2-4-10(8)16/h2-6H,7H2,1H3,(H,17,18). The van der Waals surface area contributed by atoms with Crippen LogP contribution in [0.4, 0.5) is 10.1 Å². The van der Waals surface area contributed by atoms with Gasteiger partial charge in [0.1, 0.15) is 10.7 Å². The minimum Gasteiger partial charge on any atom is -0.465 e. The number of hydrogen-bond acceptors (Lipinski definition) is 4. The molecule has 0 atom stereocenters. The Bertz CT molecular complexity index is 666. The largest absolute Gasteiger partial charge is 0.465 e. The Hall–Kier alpha value is -1.92. The van der Waals surface area contributed by atoms with Crippen LogP contribution in [-0.4, -0.2) is 19.0 Å². The maximum absolute atomic E-state index is 13.6. The topological polar surface area (TPSA) is 55.4 Å². The monoisotopic (exact) mass is 327 g/mol. The van der Waals surface area contributed by atoms with Gasteiger partial charge >= 0.3 is 5.97 Å². The van der Waals surface area contributed by atoms with Gasteiger partial charge in [0.05, 0.1) is 19.2 Å². The van der Waals surface area contributed by atoms with Crippen LogP contribution in [0.15, 0.2) is 29.6 Å². The van der Waals surface area contributed by atoms with Crippen LogP contribution in [0, 0.1) is 5.82 Å². The first-order valence-electron chi connectivity index (χ1n) is 5.91. The van der Waals surface area contributed by atoms with Crippen molar-refractivity contribution in [2.24, 2.45) is 0 Å². The second-order valence-corrected chi connectivity index (χ2v) is 5.40. The lowest BCUT2D eigenvalue weighted by atomic mass is 10.1. The Morgan fingerprint density at radius 1 is 1.38 bits per heavy atom. The molecule has 0 aliphatic rings. The van der Waals surface area contributed by atoms with Crippen molar-refractivity contribution in [3.63, 3.8) is 0 Å². The zero-order valence-corrected chi connectivity index (χ0v) is 12.6. The van der Waals surface area contributed by atoms with E-state index in [0.29, 0.717) is 5.69 Å². The maximum atomic E-state index is 13.6. The van der Waals surface area contributed by atoms with E-state index in [4.69, 9.17) is 11.6 Å². The van der Waals surface area contributed by atoms with Gasteiger partial charge in [-0.2, -0.15) is 0 Å². The minimum atomic E-state index is -0.545. The van der Waals surface area contributed by atoms with Gasteiger partial charge in [0, 0.05) is 10.6 Å². The van der Waals surface area contributed by atoms with Gasteiger partial charge in [0.15, 0.2) is 0 Å². The number of esters is 1. The summed E-state index contributed by atoms with van der Waals surface area (Å²) in [7, 11) is 1.26. The number of halogens is 2. The van der Waals surface area contributed by atoms with Crippen molar-refractivity contribution in [3.05, 3.63) is 50.9 Å². The number of carbonyl (C=O) groups excluding carboxylic acids is 2.